The van der Waals surface area contributed by atoms with Crippen LogP contribution in [0.1, 0.15) is 55.6 Å². The van der Waals surface area contributed by atoms with Gasteiger partial charge in [-0.25, -0.2) is 19.9 Å². The van der Waals surface area contributed by atoms with Crippen molar-refractivity contribution in [3.63, 3.8) is 0 Å². The zero-order chi connectivity index (χ0) is 60.8. The molecular weight excluding hydrogens is 1130 g/mol. The summed E-state index contributed by atoms with van der Waals surface area (Å²) in [6.45, 7) is 6.28. The number of hydrogen-bond acceptors (Lipinski definition) is 6. The third-order valence-corrected chi connectivity index (χ3v) is 14.8. The van der Waals surface area contributed by atoms with Crippen LogP contribution in [0.15, 0.2) is 314 Å². The fraction of sp³-hybridized carbons (Fsp3) is 0.0357. The molecule has 436 valence electrons. The minimum atomic E-state index is 0. The Kier molecular flexibility index (Phi) is 24.2. The van der Waals surface area contributed by atoms with Gasteiger partial charge in [-0.15, -0.1) is 0 Å². The Morgan fingerprint density at radius 3 is 0.747 bits per heavy atom. The van der Waals surface area contributed by atoms with Gasteiger partial charge in [-0.1, -0.05) is 338 Å². The Hall–Kier alpha value is -9.93. The van der Waals surface area contributed by atoms with Crippen LogP contribution >= 0.6 is 0 Å². The topological polar surface area (TPSA) is 93.9 Å². The summed E-state index contributed by atoms with van der Waals surface area (Å²) in [5.74, 6) is 1.45. The zero-order valence-electron chi connectivity index (χ0n) is 51.7. The van der Waals surface area contributed by atoms with Crippen LogP contribution in [0.2, 0.25) is 0 Å². The summed E-state index contributed by atoms with van der Waals surface area (Å²) in [5.41, 5.74) is 22.7. The first kappa shape index (κ1) is 65.5. The molecule has 2 heterocycles. The van der Waals surface area contributed by atoms with Crippen molar-refractivity contribution in [3.8, 4) is 67.8 Å². The molecule has 0 saturated heterocycles. The molecule has 0 aliphatic carbocycles. The van der Waals surface area contributed by atoms with E-state index >= 15 is 0 Å². The third-order valence-electron chi connectivity index (χ3n) is 14.8. The first-order valence-electron chi connectivity index (χ1n) is 29.9. The summed E-state index contributed by atoms with van der Waals surface area (Å²) in [4.78, 5) is 24.2. The molecule has 13 aromatic rings. The standard InChI is InChI=1S/C46H34N2.C25H22N2.C13H11N.K.H2O/c1-4-10-35(11-5-1)16-19-38-22-28-41(29-23-38)44-34-45(42-30-24-39(25-31-42)20-17-36-12-6-2-7-13-36)48-46(47-44)43-32-26-40(27-33-43)21-18-37-14-8-3-9-15-37;1-17-4-10-20(11-5-17)23-16-24(21-12-6-18(2)7-13-21)27-25(26-23)22-14-8-19(3)9-15-22;1-3-7-12(8-4-1)11-14-13-9-5-2-6-10-13;;/h1-34H;4-16H,1-3H3;1-11H;;1H2/q;;;+1;/p-1/b19-16+,20-17+,21-18+;;;;. The van der Waals surface area contributed by atoms with Crippen LogP contribution in [0, 0.1) is 20.8 Å². The van der Waals surface area contributed by atoms with Gasteiger partial charge in [0.1, 0.15) is 0 Å². The molecule has 2 aromatic heterocycles. The molecule has 0 fully saturated rings. The predicted octanol–water partition coefficient (Wildman–Crippen LogP) is 18.7. The number of benzene rings is 11. The number of rotatable bonds is 14. The normalized spacial score (nSPS) is 10.9. The fourth-order valence-corrected chi connectivity index (χ4v) is 9.64. The number of aliphatic imine (C=N–C) groups is 1. The molecule has 0 atom stereocenters. The summed E-state index contributed by atoms with van der Waals surface area (Å²) in [5, 5.41) is 0. The Labute approximate surface area is 578 Å². The van der Waals surface area contributed by atoms with E-state index in [-0.39, 0.29) is 56.9 Å². The maximum atomic E-state index is 5.07. The van der Waals surface area contributed by atoms with Crippen LogP contribution in [0.5, 0.6) is 0 Å². The molecule has 91 heavy (non-hydrogen) atoms. The average Bonchev–Trinajstić information content (AvgIpc) is 2.79. The molecular formula is C84H68KN5O. The van der Waals surface area contributed by atoms with E-state index in [9.17, 15) is 0 Å². The summed E-state index contributed by atoms with van der Waals surface area (Å²) >= 11 is 0. The van der Waals surface area contributed by atoms with Crippen LogP contribution < -0.4 is 51.4 Å². The van der Waals surface area contributed by atoms with Gasteiger partial charge in [0.15, 0.2) is 11.6 Å². The van der Waals surface area contributed by atoms with Gasteiger partial charge in [0.05, 0.1) is 28.5 Å². The minimum Gasteiger partial charge on any atom is -0.870 e. The second-order valence-electron chi connectivity index (χ2n) is 21.6. The number of hydrogen-bond donors (Lipinski definition) is 0. The third kappa shape index (κ3) is 19.5. The van der Waals surface area contributed by atoms with Gasteiger partial charge in [-0.05, 0) is 84.0 Å². The average molecular weight is 1200 g/mol. The fourth-order valence-electron chi connectivity index (χ4n) is 9.64. The first-order valence-corrected chi connectivity index (χ1v) is 29.9. The second-order valence-corrected chi connectivity index (χ2v) is 21.6. The largest absolute Gasteiger partial charge is 1.00 e. The molecule has 0 unspecified atom stereocenters. The van der Waals surface area contributed by atoms with Gasteiger partial charge in [0.2, 0.25) is 0 Å². The molecule has 13 rings (SSSR count). The van der Waals surface area contributed by atoms with Crippen molar-refractivity contribution in [3.05, 3.63) is 365 Å². The van der Waals surface area contributed by atoms with Crippen LogP contribution in [0.4, 0.5) is 5.69 Å². The Balaban J connectivity index is 0.000000190. The van der Waals surface area contributed by atoms with E-state index in [0.29, 0.717) is 5.82 Å². The van der Waals surface area contributed by atoms with E-state index in [1.165, 1.54) is 33.4 Å². The molecule has 0 aliphatic heterocycles. The monoisotopic (exact) mass is 1200 g/mol. The van der Waals surface area contributed by atoms with Crippen LogP contribution in [0.25, 0.3) is 104 Å². The van der Waals surface area contributed by atoms with E-state index < -0.39 is 0 Å². The summed E-state index contributed by atoms with van der Waals surface area (Å²) < 4.78 is 0. The summed E-state index contributed by atoms with van der Waals surface area (Å²) in [6, 6.07) is 106. The van der Waals surface area contributed by atoms with Crippen molar-refractivity contribution in [2.75, 3.05) is 0 Å². The quantitative estimate of drug-likeness (QED) is 0.0614. The molecule has 0 radical (unpaired) electrons. The number of aryl methyl sites for hydroxylation is 3. The van der Waals surface area contributed by atoms with Gasteiger partial charge < -0.3 is 5.48 Å². The van der Waals surface area contributed by atoms with E-state index in [1.807, 2.05) is 85.1 Å². The molecule has 0 saturated carbocycles. The number of aromatic nitrogens is 4. The van der Waals surface area contributed by atoms with Gasteiger partial charge in [0.25, 0.3) is 0 Å². The van der Waals surface area contributed by atoms with Crippen LogP contribution in [0.3, 0.4) is 0 Å². The molecule has 6 nitrogen and oxygen atoms in total. The van der Waals surface area contributed by atoms with E-state index in [2.05, 4.69) is 293 Å². The van der Waals surface area contributed by atoms with Crippen molar-refractivity contribution in [1.29, 1.82) is 0 Å². The second kappa shape index (κ2) is 33.6. The number of para-hydroxylation sites is 1. The predicted molar refractivity (Wildman–Crippen MR) is 379 cm³/mol. The molecule has 0 spiro atoms. The van der Waals surface area contributed by atoms with Crippen molar-refractivity contribution in [2.24, 2.45) is 4.99 Å². The minimum absolute atomic E-state index is 0. The van der Waals surface area contributed by atoms with Crippen LogP contribution in [-0.2, 0) is 0 Å². The maximum absolute atomic E-state index is 5.07. The Morgan fingerprint density at radius 2 is 0.462 bits per heavy atom. The molecule has 7 heteroatoms. The van der Waals surface area contributed by atoms with E-state index in [0.717, 1.165) is 89.9 Å². The van der Waals surface area contributed by atoms with Crippen molar-refractivity contribution in [2.45, 2.75) is 20.8 Å². The maximum Gasteiger partial charge on any atom is 1.00 e. The van der Waals surface area contributed by atoms with Gasteiger partial charge in [-0.3, -0.25) is 4.99 Å². The molecule has 1 N–H and O–H groups in total. The van der Waals surface area contributed by atoms with Crippen molar-refractivity contribution in [1.82, 2.24) is 19.9 Å². The smallest absolute Gasteiger partial charge is 0.870 e. The molecule has 0 aliphatic rings. The molecule has 11 aromatic carbocycles. The first-order chi connectivity index (χ1) is 43.8. The van der Waals surface area contributed by atoms with Gasteiger partial charge >= 0.3 is 51.4 Å². The van der Waals surface area contributed by atoms with Crippen molar-refractivity contribution >= 4 is 48.4 Å². The van der Waals surface area contributed by atoms with Gasteiger partial charge in [0, 0.05) is 39.6 Å². The molecule has 0 amide bonds. The van der Waals surface area contributed by atoms with E-state index in [4.69, 9.17) is 19.9 Å². The SMILES string of the molecule is C(=C\c1ccc(-c2cc(-c3ccc(/C=C/c4ccccc4)cc3)nc(-c3ccc(/C=C/c4ccccc4)cc3)n2)cc1)/c1ccccc1.C(=Nc1ccccc1)c1ccccc1.Cc1ccc(-c2cc(-c3ccc(C)cc3)nc(-c3ccc(C)cc3)n2)cc1.[K+].[OH-]. The summed E-state index contributed by atoms with van der Waals surface area (Å²) in [6.07, 6.45) is 14.7. The Bertz CT molecular complexity index is 4000. The number of nitrogens with zero attached hydrogens (tertiary/aromatic N) is 5. The van der Waals surface area contributed by atoms with Crippen molar-refractivity contribution < 1.29 is 56.9 Å². The van der Waals surface area contributed by atoms with Gasteiger partial charge in [-0.2, -0.15) is 0 Å². The molecule has 0 bridgehead atoms. The van der Waals surface area contributed by atoms with Crippen LogP contribution in [-0.4, -0.2) is 31.6 Å². The zero-order valence-corrected chi connectivity index (χ0v) is 54.8. The summed E-state index contributed by atoms with van der Waals surface area (Å²) in [7, 11) is 0. The van der Waals surface area contributed by atoms with E-state index in [1.54, 1.807) is 0 Å². The Morgan fingerprint density at radius 1 is 0.242 bits per heavy atom.